The average molecular weight is 546 g/mol. The maximum Gasteiger partial charge on any atom is 0.146 e. The van der Waals surface area contributed by atoms with Gasteiger partial charge in [0.2, 0.25) is 0 Å². The van der Waals surface area contributed by atoms with Crippen LogP contribution >= 0.6 is 0 Å². The lowest BCUT2D eigenvalue weighted by atomic mass is 9.67. The van der Waals surface area contributed by atoms with Gasteiger partial charge in [0, 0.05) is 17.4 Å². The first-order chi connectivity index (χ1) is 20.8. The second-order valence-corrected chi connectivity index (χ2v) is 10.5. The van der Waals surface area contributed by atoms with Crippen molar-refractivity contribution in [3.63, 3.8) is 0 Å². The number of methoxy groups -OCH3 is 2. The summed E-state index contributed by atoms with van der Waals surface area (Å²) in [5, 5.41) is 0. The zero-order valence-electron chi connectivity index (χ0n) is 23.7. The SMILES string of the molecule is COc1ccc(N(c2ccccc2)c2ccc3c(c2)C(c2ccccc2)(c2ccccc2)c2ccccc2-3)c(OC)c1. The fourth-order valence-electron chi connectivity index (χ4n) is 6.55. The number of nitrogens with zero attached hydrogens (tertiary/aromatic N) is 1. The van der Waals surface area contributed by atoms with Crippen molar-refractivity contribution in [1.29, 1.82) is 0 Å². The Labute approximate surface area is 247 Å². The van der Waals surface area contributed by atoms with Gasteiger partial charge in [0.05, 0.1) is 25.3 Å². The highest BCUT2D eigenvalue weighted by Crippen LogP contribution is 2.57. The van der Waals surface area contributed by atoms with E-state index < -0.39 is 5.41 Å². The molecule has 42 heavy (non-hydrogen) atoms. The van der Waals surface area contributed by atoms with E-state index in [1.165, 1.54) is 33.4 Å². The lowest BCUT2D eigenvalue weighted by molar-refractivity contribution is 0.395. The molecule has 204 valence electrons. The third-order valence-electron chi connectivity index (χ3n) is 8.34. The van der Waals surface area contributed by atoms with Crippen LogP contribution < -0.4 is 14.4 Å². The number of hydrogen-bond donors (Lipinski definition) is 0. The summed E-state index contributed by atoms with van der Waals surface area (Å²) in [4.78, 5) is 2.27. The Balaban J connectivity index is 1.54. The summed E-state index contributed by atoms with van der Waals surface area (Å²) >= 11 is 0. The average Bonchev–Trinajstić information content (AvgIpc) is 3.37. The lowest BCUT2D eigenvalue weighted by Crippen LogP contribution is -2.28. The standard InChI is InChI=1S/C39H31NO2/c1-41-32-23-25-37(38(27-32)42-2)40(30-18-10-5-11-19-30)31-22-24-34-33-20-12-13-21-35(33)39(36(34)26-31,28-14-6-3-7-15-28)29-16-8-4-9-17-29/h3-27H,1-2H3. The van der Waals surface area contributed by atoms with Gasteiger partial charge in [0.15, 0.2) is 0 Å². The highest BCUT2D eigenvalue weighted by Gasteiger charge is 2.46. The van der Waals surface area contributed by atoms with Crippen LogP contribution in [0.15, 0.2) is 152 Å². The van der Waals surface area contributed by atoms with Crippen LogP contribution in [0.25, 0.3) is 11.1 Å². The van der Waals surface area contributed by atoms with E-state index in [1.807, 2.05) is 18.2 Å². The van der Waals surface area contributed by atoms with E-state index >= 15 is 0 Å². The minimum absolute atomic E-state index is 0.475. The Kier molecular flexibility index (Phi) is 6.48. The van der Waals surface area contributed by atoms with E-state index in [4.69, 9.17) is 9.47 Å². The van der Waals surface area contributed by atoms with Gasteiger partial charge < -0.3 is 14.4 Å². The van der Waals surface area contributed by atoms with Gasteiger partial charge >= 0.3 is 0 Å². The smallest absolute Gasteiger partial charge is 0.146 e. The Hall–Kier alpha value is -5.28. The van der Waals surface area contributed by atoms with Crippen LogP contribution in [-0.2, 0) is 5.41 Å². The molecule has 0 radical (unpaired) electrons. The van der Waals surface area contributed by atoms with E-state index in [-0.39, 0.29) is 0 Å². The maximum atomic E-state index is 5.91. The zero-order chi connectivity index (χ0) is 28.5. The summed E-state index contributed by atoms with van der Waals surface area (Å²) in [7, 11) is 3.38. The summed E-state index contributed by atoms with van der Waals surface area (Å²) in [6, 6.07) is 53.9. The summed E-state index contributed by atoms with van der Waals surface area (Å²) in [5.74, 6) is 1.49. The van der Waals surface area contributed by atoms with Crippen LogP contribution in [0.3, 0.4) is 0 Å². The first kappa shape index (κ1) is 25.7. The van der Waals surface area contributed by atoms with Gasteiger partial charge in [-0.2, -0.15) is 0 Å². The van der Waals surface area contributed by atoms with Crippen LogP contribution in [0.5, 0.6) is 11.5 Å². The monoisotopic (exact) mass is 545 g/mol. The van der Waals surface area contributed by atoms with Crippen molar-refractivity contribution in [2.45, 2.75) is 5.41 Å². The van der Waals surface area contributed by atoms with Crippen molar-refractivity contribution < 1.29 is 9.47 Å². The number of benzene rings is 6. The molecule has 0 spiro atoms. The first-order valence-electron chi connectivity index (χ1n) is 14.2. The second-order valence-electron chi connectivity index (χ2n) is 10.5. The van der Waals surface area contributed by atoms with Crippen LogP contribution in [0, 0.1) is 0 Å². The molecule has 0 saturated heterocycles. The topological polar surface area (TPSA) is 21.7 Å². The zero-order valence-corrected chi connectivity index (χ0v) is 23.7. The summed E-state index contributed by atoms with van der Waals surface area (Å²) in [5.41, 5.74) is 10.1. The minimum Gasteiger partial charge on any atom is -0.497 e. The molecule has 3 nitrogen and oxygen atoms in total. The third-order valence-corrected chi connectivity index (χ3v) is 8.34. The molecule has 0 aliphatic heterocycles. The predicted octanol–water partition coefficient (Wildman–Crippen LogP) is 9.54. The Morgan fingerprint density at radius 1 is 0.476 bits per heavy atom. The fourth-order valence-corrected chi connectivity index (χ4v) is 6.55. The van der Waals surface area contributed by atoms with E-state index in [0.717, 1.165) is 28.6 Å². The number of hydrogen-bond acceptors (Lipinski definition) is 3. The number of para-hydroxylation sites is 1. The fraction of sp³-hybridized carbons (Fsp3) is 0.0769. The molecular formula is C39H31NO2. The Bertz CT molecular complexity index is 1810. The van der Waals surface area contributed by atoms with Crippen LogP contribution in [0.2, 0.25) is 0 Å². The molecule has 3 heteroatoms. The molecule has 0 atom stereocenters. The van der Waals surface area contributed by atoms with Gasteiger partial charge in [-0.1, -0.05) is 109 Å². The minimum atomic E-state index is -0.475. The van der Waals surface area contributed by atoms with Crippen molar-refractivity contribution in [3.8, 4) is 22.6 Å². The number of rotatable bonds is 7. The normalized spacial score (nSPS) is 12.7. The van der Waals surface area contributed by atoms with Crippen molar-refractivity contribution in [2.24, 2.45) is 0 Å². The number of fused-ring (bicyclic) bond motifs is 3. The van der Waals surface area contributed by atoms with Crippen molar-refractivity contribution in [3.05, 3.63) is 174 Å². The Morgan fingerprint density at radius 3 is 1.71 bits per heavy atom. The molecular weight excluding hydrogens is 514 g/mol. The molecule has 0 unspecified atom stereocenters. The Morgan fingerprint density at radius 2 is 1.07 bits per heavy atom. The number of ether oxygens (including phenoxy) is 2. The largest absolute Gasteiger partial charge is 0.497 e. The second kappa shape index (κ2) is 10.6. The quantitative estimate of drug-likeness (QED) is 0.199. The first-order valence-corrected chi connectivity index (χ1v) is 14.2. The maximum absolute atomic E-state index is 5.91. The van der Waals surface area contributed by atoms with Crippen LogP contribution in [0.1, 0.15) is 22.3 Å². The van der Waals surface area contributed by atoms with Crippen molar-refractivity contribution in [2.75, 3.05) is 19.1 Å². The van der Waals surface area contributed by atoms with Gasteiger partial charge in [0.1, 0.15) is 11.5 Å². The molecule has 0 heterocycles. The molecule has 0 fully saturated rings. The molecule has 6 aromatic carbocycles. The molecule has 7 rings (SSSR count). The third kappa shape index (κ3) is 3.97. The van der Waals surface area contributed by atoms with Gasteiger partial charge in [-0.3, -0.25) is 0 Å². The summed E-state index contributed by atoms with van der Waals surface area (Å²) in [6.07, 6.45) is 0. The van der Waals surface area contributed by atoms with E-state index in [2.05, 4.69) is 138 Å². The molecule has 0 amide bonds. The van der Waals surface area contributed by atoms with E-state index in [9.17, 15) is 0 Å². The summed E-state index contributed by atoms with van der Waals surface area (Å²) in [6.45, 7) is 0. The molecule has 1 aliphatic rings. The molecule has 1 aliphatic carbocycles. The van der Waals surface area contributed by atoms with E-state index in [1.54, 1.807) is 14.2 Å². The molecule has 0 saturated carbocycles. The molecule has 0 N–H and O–H groups in total. The van der Waals surface area contributed by atoms with Gasteiger partial charge in [-0.15, -0.1) is 0 Å². The van der Waals surface area contributed by atoms with Gasteiger partial charge in [-0.05, 0) is 69.8 Å². The van der Waals surface area contributed by atoms with Crippen LogP contribution in [-0.4, -0.2) is 14.2 Å². The molecule has 6 aromatic rings. The van der Waals surface area contributed by atoms with E-state index in [0.29, 0.717) is 0 Å². The van der Waals surface area contributed by atoms with Gasteiger partial charge in [-0.25, -0.2) is 0 Å². The van der Waals surface area contributed by atoms with Crippen molar-refractivity contribution >= 4 is 17.1 Å². The number of anilines is 3. The summed E-state index contributed by atoms with van der Waals surface area (Å²) < 4.78 is 11.4. The van der Waals surface area contributed by atoms with Crippen molar-refractivity contribution in [1.82, 2.24) is 0 Å². The molecule has 0 aromatic heterocycles. The van der Waals surface area contributed by atoms with Crippen LogP contribution in [0.4, 0.5) is 17.1 Å². The predicted molar refractivity (Wildman–Crippen MR) is 172 cm³/mol. The molecule has 0 bridgehead atoms. The highest BCUT2D eigenvalue weighted by atomic mass is 16.5. The highest BCUT2D eigenvalue weighted by molar-refractivity contribution is 5.90. The van der Waals surface area contributed by atoms with Gasteiger partial charge in [0.25, 0.3) is 0 Å². The lowest BCUT2D eigenvalue weighted by Gasteiger charge is -2.35.